The standard InChI is InChI=1S/C10H13NO4/c1-14-11-6-7-15-9-4-2-8(3-5-9)10(12)13/h2-5,11H,6-7H2,1H3,(H,12,13). The van der Waals surface area contributed by atoms with Crippen LogP contribution in [-0.2, 0) is 4.84 Å². The lowest BCUT2D eigenvalue weighted by Crippen LogP contribution is -2.19. The fraction of sp³-hybridized carbons (Fsp3) is 0.300. The number of rotatable bonds is 6. The van der Waals surface area contributed by atoms with Gasteiger partial charge in [-0.25, -0.2) is 4.79 Å². The minimum Gasteiger partial charge on any atom is -0.492 e. The van der Waals surface area contributed by atoms with E-state index in [1.807, 2.05) is 0 Å². The molecular weight excluding hydrogens is 198 g/mol. The summed E-state index contributed by atoms with van der Waals surface area (Å²) in [5, 5.41) is 8.65. The minimum atomic E-state index is -0.942. The topological polar surface area (TPSA) is 67.8 Å². The molecule has 0 amide bonds. The number of aromatic carboxylic acids is 1. The fourth-order valence-electron chi connectivity index (χ4n) is 1.01. The molecule has 0 aliphatic carbocycles. The van der Waals surface area contributed by atoms with Gasteiger partial charge in [0.05, 0.1) is 19.2 Å². The van der Waals surface area contributed by atoms with Crippen LogP contribution in [0.3, 0.4) is 0 Å². The minimum absolute atomic E-state index is 0.248. The van der Waals surface area contributed by atoms with Gasteiger partial charge in [-0.2, -0.15) is 5.48 Å². The van der Waals surface area contributed by atoms with Crippen molar-refractivity contribution in [1.29, 1.82) is 0 Å². The third-order valence-corrected chi connectivity index (χ3v) is 1.72. The molecule has 0 aliphatic heterocycles. The molecule has 0 radical (unpaired) electrons. The zero-order chi connectivity index (χ0) is 11.1. The van der Waals surface area contributed by atoms with E-state index in [2.05, 4.69) is 10.3 Å². The van der Waals surface area contributed by atoms with Crippen LogP contribution in [0.2, 0.25) is 0 Å². The Morgan fingerprint density at radius 2 is 2.07 bits per heavy atom. The van der Waals surface area contributed by atoms with Crippen molar-refractivity contribution in [1.82, 2.24) is 5.48 Å². The van der Waals surface area contributed by atoms with E-state index in [1.165, 1.54) is 19.2 Å². The molecule has 0 aliphatic rings. The number of carboxylic acids is 1. The first-order chi connectivity index (χ1) is 7.24. The molecule has 5 heteroatoms. The van der Waals surface area contributed by atoms with E-state index in [0.29, 0.717) is 18.9 Å². The van der Waals surface area contributed by atoms with Crippen molar-refractivity contribution in [3.8, 4) is 5.75 Å². The molecule has 82 valence electrons. The number of nitrogens with one attached hydrogen (secondary N) is 1. The first-order valence-electron chi connectivity index (χ1n) is 4.46. The molecule has 0 aromatic heterocycles. The number of carbonyl (C=O) groups is 1. The molecule has 0 saturated carbocycles. The Morgan fingerprint density at radius 3 is 2.60 bits per heavy atom. The van der Waals surface area contributed by atoms with Crippen molar-refractivity contribution < 1.29 is 19.5 Å². The summed E-state index contributed by atoms with van der Waals surface area (Å²) in [5.74, 6) is -0.305. The monoisotopic (exact) mass is 211 g/mol. The van der Waals surface area contributed by atoms with Gasteiger partial charge in [-0.15, -0.1) is 0 Å². The van der Waals surface area contributed by atoms with Crippen molar-refractivity contribution in [3.05, 3.63) is 29.8 Å². The Labute approximate surface area is 87.6 Å². The highest BCUT2D eigenvalue weighted by Crippen LogP contribution is 2.11. The number of carboxylic acid groups (broad SMARTS) is 1. The summed E-state index contributed by atoms with van der Waals surface area (Å²) >= 11 is 0. The third kappa shape index (κ3) is 3.97. The van der Waals surface area contributed by atoms with E-state index in [9.17, 15) is 4.79 Å². The van der Waals surface area contributed by atoms with Crippen LogP contribution in [0.15, 0.2) is 24.3 Å². The molecule has 0 heterocycles. The molecule has 15 heavy (non-hydrogen) atoms. The summed E-state index contributed by atoms with van der Waals surface area (Å²) in [6.45, 7) is 1.03. The number of benzene rings is 1. The zero-order valence-electron chi connectivity index (χ0n) is 8.40. The van der Waals surface area contributed by atoms with Gasteiger partial charge in [0.2, 0.25) is 0 Å². The molecule has 0 spiro atoms. The normalized spacial score (nSPS) is 9.93. The van der Waals surface area contributed by atoms with Crippen molar-refractivity contribution >= 4 is 5.97 Å². The molecule has 0 atom stereocenters. The Kier molecular flexibility index (Phi) is 4.59. The highest BCUT2D eigenvalue weighted by Gasteiger charge is 2.01. The first kappa shape index (κ1) is 11.5. The number of hydrogen-bond acceptors (Lipinski definition) is 4. The van der Waals surface area contributed by atoms with E-state index in [1.54, 1.807) is 12.1 Å². The van der Waals surface area contributed by atoms with E-state index in [0.717, 1.165) is 0 Å². The molecule has 0 unspecified atom stereocenters. The van der Waals surface area contributed by atoms with Crippen LogP contribution in [0.25, 0.3) is 0 Å². The maximum Gasteiger partial charge on any atom is 0.335 e. The summed E-state index contributed by atoms with van der Waals surface area (Å²) in [7, 11) is 1.53. The smallest absolute Gasteiger partial charge is 0.335 e. The highest BCUT2D eigenvalue weighted by atomic mass is 16.6. The van der Waals surface area contributed by atoms with Crippen molar-refractivity contribution in [2.75, 3.05) is 20.3 Å². The van der Waals surface area contributed by atoms with Gasteiger partial charge in [0.15, 0.2) is 0 Å². The van der Waals surface area contributed by atoms with Crippen LogP contribution in [0.1, 0.15) is 10.4 Å². The molecule has 1 rings (SSSR count). The molecule has 5 nitrogen and oxygen atoms in total. The van der Waals surface area contributed by atoms with Crippen molar-refractivity contribution in [3.63, 3.8) is 0 Å². The van der Waals surface area contributed by atoms with Crippen LogP contribution in [0.4, 0.5) is 0 Å². The van der Waals surface area contributed by atoms with Gasteiger partial charge in [0, 0.05) is 0 Å². The summed E-state index contributed by atoms with van der Waals surface area (Å²) in [5.41, 5.74) is 2.88. The molecule has 0 saturated heterocycles. The van der Waals surface area contributed by atoms with Crippen LogP contribution in [0, 0.1) is 0 Å². The Morgan fingerprint density at radius 1 is 1.40 bits per heavy atom. The summed E-state index contributed by atoms with van der Waals surface area (Å²) in [6.07, 6.45) is 0. The predicted molar refractivity (Wildman–Crippen MR) is 53.9 cm³/mol. The zero-order valence-corrected chi connectivity index (χ0v) is 8.40. The molecule has 0 fully saturated rings. The lowest BCUT2D eigenvalue weighted by atomic mass is 10.2. The van der Waals surface area contributed by atoms with Crippen molar-refractivity contribution in [2.45, 2.75) is 0 Å². The van der Waals surface area contributed by atoms with Crippen molar-refractivity contribution in [2.24, 2.45) is 0 Å². The predicted octanol–water partition coefficient (Wildman–Crippen LogP) is 0.915. The average molecular weight is 211 g/mol. The highest BCUT2D eigenvalue weighted by molar-refractivity contribution is 5.87. The number of hydroxylamine groups is 1. The molecule has 1 aromatic rings. The second-order valence-corrected chi connectivity index (χ2v) is 2.78. The van der Waals surface area contributed by atoms with Crippen LogP contribution >= 0.6 is 0 Å². The quantitative estimate of drug-likeness (QED) is 0.541. The molecule has 2 N–H and O–H groups in total. The lowest BCUT2D eigenvalue weighted by molar-refractivity contribution is 0.0697. The van der Waals surface area contributed by atoms with Gasteiger partial charge in [-0.05, 0) is 24.3 Å². The first-order valence-corrected chi connectivity index (χ1v) is 4.46. The summed E-state index contributed by atoms with van der Waals surface area (Å²) in [4.78, 5) is 15.2. The van der Waals surface area contributed by atoms with E-state index in [4.69, 9.17) is 9.84 Å². The maximum absolute atomic E-state index is 10.5. The number of ether oxygens (including phenoxy) is 1. The molecule has 1 aromatic carbocycles. The van der Waals surface area contributed by atoms with Crippen LogP contribution in [0.5, 0.6) is 5.75 Å². The largest absolute Gasteiger partial charge is 0.492 e. The van der Waals surface area contributed by atoms with Crippen LogP contribution < -0.4 is 10.2 Å². The lowest BCUT2D eigenvalue weighted by Gasteiger charge is -2.06. The van der Waals surface area contributed by atoms with E-state index < -0.39 is 5.97 Å². The van der Waals surface area contributed by atoms with E-state index >= 15 is 0 Å². The number of hydrogen-bond donors (Lipinski definition) is 2. The van der Waals surface area contributed by atoms with Gasteiger partial charge < -0.3 is 14.7 Å². The Bertz CT molecular complexity index is 310. The second kappa shape index (κ2) is 6.00. The van der Waals surface area contributed by atoms with Gasteiger partial charge in [0.1, 0.15) is 12.4 Å². The fourth-order valence-corrected chi connectivity index (χ4v) is 1.01. The van der Waals surface area contributed by atoms with Crippen LogP contribution in [-0.4, -0.2) is 31.3 Å². The molecular formula is C10H13NO4. The summed E-state index contributed by atoms with van der Waals surface area (Å²) < 4.78 is 5.31. The second-order valence-electron chi connectivity index (χ2n) is 2.78. The SMILES string of the molecule is CONCCOc1ccc(C(=O)O)cc1. The Balaban J connectivity index is 2.39. The van der Waals surface area contributed by atoms with Gasteiger partial charge in [0.25, 0.3) is 0 Å². The molecule has 0 bridgehead atoms. The maximum atomic E-state index is 10.5. The van der Waals surface area contributed by atoms with Gasteiger partial charge in [-0.1, -0.05) is 0 Å². The van der Waals surface area contributed by atoms with Gasteiger partial charge >= 0.3 is 5.97 Å². The summed E-state index contributed by atoms with van der Waals surface area (Å²) in [6, 6.07) is 6.25. The van der Waals surface area contributed by atoms with E-state index in [-0.39, 0.29) is 5.56 Å². The average Bonchev–Trinajstić information content (AvgIpc) is 2.25. The third-order valence-electron chi connectivity index (χ3n) is 1.72. The van der Waals surface area contributed by atoms with Gasteiger partial charge in [-0.3, -0.25) is 0 Å². The Hall–Kier alpha value is -1.59.